The molecule has 4 nitrogen and oxygen atoms in total. The third-order valence-electron chi connectivity index (χ3n) is 3.56. The minimum Gasteiger partial charge on any atom is -0.354 e. The topological polar surface area (TPSA) is 56.5 Å². The Balaban J connectivity index is 2.43. The van der Waals surface area contributed by atoms with Crippen LogP contribution in [0.25, 0.3) is 0 Å². The Bertz CT molecular complexity index is 186. The summed E-state index contributed by atoms with van der Waals surface area (Å²) in [5, 5.41) is 3.59. The molecule has 3 unspecified atom stereocenters. The SMILES string of the molecule is COC(OC)C(C)NC1CCCCC1CN. The molecular weight excluding hydrogens is 204 g/mol. The second-order valence-electron chi connectivity index (χ2n) is 4.68. The van der Waals surface area contributed by atoms with Crippen molar-refractivity contribution in [3.8, 4) is 0 Å². The molecule has 1 rings (SSSR count). The van der Waals surface area contributed by atoms with Gasteiger partial charge in [-0.1, -0.05) is 12.8 Å². The molecule has 3 atom stereocenters. The van der Waals surface area contributed by atoms with E-state index in [-0.39, 0.29) is 12.3 Å². The van der Waals surface area contributed by atoms with Gasteiger partial charge in [-0.3, -0.25) is 0 Å². The average molecular weight is 230 g/mol. The van der Waals surface area contributed by atoms with Crippen LogP contribution in [0.15, 0.2) is 0 Å². The molecule has 0 aromatic rings. The van der Waals surface area contributed by atoms with Crippen molar-refractivity contribution in [3.05, 3.63) is 0 Å². The normalized spacial score (nSPS) is 28.3. The van der Waals surface area contributed by atoms with Gasteiger partial charge in [-0.05, 0) is 32.2 Å². The van der Waals surface area contributed by atoms with E-state index in [4.69, 9.17) is 15.2 Å². The Hall–Kier alpha value is -0.160. The molecule has 0 aromatic heterocycles. The summed E-state index contributed by atoms with van der Waals surface area (Å²) >= 11 is 0. The monoisotopic (exact) mass is 230 g/mol. The molecular formula is C12H26N2O2. The summed E-state index contributed by atoms with van der Waals surface area (Å²) < 4.78 is 10.5. The van der Waals surface area contributed by atoms with Crippen molar-refractivity contribution in [2.75, 3.05) is 20.8 Å². The van der Waals surface area contributed by atoms with Crippen LogP contribution in [0, 0.1) is 5.92 Å². The van der Waals surface area contributed by atoms with E-state index in [2.05, 4.69) is 12.2 Å². The zero-order valence-electron chi connectivity index (χ0n) is 10.7. The molecule has 0 bridgehead atoms. The van der Waals surface area contributed by atoms with Crippen LogP contribution in [0.4, 0.5) is 0 Å². The Labute approximate surface area is 98.9 Å². The van der Waals surface area contributed by atoms with E-state index in [0.29, 0.717) is 12.0 Å². The molecule has 0 amide bonds. The predicted molar refractivity (Wildman–Crippen MR) is 65.2 cm³/mol. The molecule has 1 saturated carbocycles. The van der Waals surface area contributed by atoms with E-state index in [9.17, 15) is 0 Å². The van der Waals surface area contributed by atoms with Crippen molar-refractivity contribution >= 4 is 0 Å². The van der Waals surface area contributed by atoms with Gasteiger partial charge in [-0.2, -0.15) is 0 Å². The highest BCUT2D eigenvalue weighted by molar-refractivity contribution is 4.84. The minimum absolute atomic E-state index is 0.180. The number of rotatable bonds is 6. The highest BCUT2D eigenvalue weighted by Crippen LogP contribution is 2.24. The molecule has 0 aliphatic heterocycles. The predicted octanol–water partition coefficient (Wildman–Crippen LogP) is 1.10. The first-order valence-electron chi connectivity index (χ1n) is 6.24. The van der Waals surface area contributed by atoms with Crippen LogP contribution in [-0.2, 0) is 9.47 Å². The summed E-state index contributed by atoms with van der Waals surface area (Å²) in [6.07, 6.45) is 4.89. The highest BCUT2D eigenvalue weighted by atomic mass is 16.7. The minimum atomic E-state index is -0.180. The van der Waals surface area contributed by atoms with Crippen LogP contribution < -0.4 is 11.1 Å². The molecule has 0 aromatic carbocycles. The van der Waals surface area contributed by atoms with E-state index in [1.807, 2.05) is 0 Å². The number of hydrogen-bond donors (Lipinski definition) is 2. The van der Waals surface area contributed by atoms with Crippen molar-refractivity contribution in [1.82, 2.24) is 5.32 Å². The van der Waals surface area contributed by atoms with Crippen LogP contribution in [0.2, 0.25) is 0 Å². The molecule has 96 valence electrons. The summed E-state index contributed by atoms with van der Waals surface area (Å²) in [7, 11) is 3.35. The number of ether oxygens (including phenoxy) is 2. The van der Waals surface area contributed by atoms with Crippen molar-refractivity contribution in [2.45, 2.75) is 51.0 Å². The number of hydrogen-bond acceptors (Lipinski definition) is 4. The van der Waals surface area contributed by atoms with E-state index in [1.54, 1.807) is 14.2 Å². The zero-order valence-corrected chi connectivity index (χ0v) is 10.7. The Morgan fingerprint density at radius 1 is 1.25 bits per heavy atom. The maximum atomic E-state index is 5.81. The molecule has 3 N–H and O–H groups in total. The number of methoxy groups -OCH3 is 2. The van der Waals surface area contributed by atoms with Gasteiger partial charge in [0.05, 0.1) is 6.04 Å². The van der Waals surface area contributed by atoms with Crippen molar-refractivity contribution in [3.63, 3.8) is 0 Å². The summed E-state index contributed by atoms with van der Waals surface area (Å²) in [4.78, 5) is 0. The Morgan fingerprint density at radius 2 is 1.88 bits per heavy atom. The lowest BCUT2D eigenvalue weighted by molar-refractivity contribution is -0.122. The standard InChI is InChI=1S/C12H26N2O2/c1-9(12(15-2)16-3)14-11-7-5-4-6-10(11)8-13/h9-12,14H,4-8,13H2,1-3H3. The van der Waals surface area contributed by atoms with Gasteiger partial charge in [0, 0.05) is 20.3 Å². The smallest absolute Gasteiger partial charge is 0.171 e. The largest absolute Gasteiger partial charge is 0.354 e. The summed E-state index contributed by atoms with van der Waals surface area (Å²) in [5.74, 6) is 0.602. The van der Waals surface area contributed by atoms with Crippen LogP contribution >= 0.6 is 0 Å². The van der Waals surface area contributed by atoms with Gasteiger partial charge in [-0.25, -0.2) is 0 Å². The fraction of sp³-hybridized carbons (Fsp3) is 1.00. The average Bonchev–Trinajstić information content (AvgIpc) is 2.31. The quantitative estimate of drug-likeness (QED) is 0.671. The first kappa shape index (κ1) is 13.9. The zero-order chi connectivity index (χ0) is 12.0. The fourth-order valence-electron chi connectivity index (χ4n) is 2.63. The number of nitrogens with two attached hydrogens (primary N) is 1. The molecule has 1 fully saturated rings. The van der Waals surface area contributed by atoms with Gasteiger partial charge in [0.15, 0.2) is 6.29 Å². The Kier molecular flexibility index (Phi) is 6.28. The van der Waals surface area contributed by atoms with Crippen molar-refractivity contribution in [2.24, 2.45) is 11.7 Å². The van der Waals surface area contributed by atoms with Gasteiger partial charge < -0.3 is 20.5 Å². The maximum Gasteiger partial charge on any atom is 0.171 e. The number of nitrogens with one attached hydrogen (secondary N) is 1. The molecule has 4 heteroatoms. The van der Waals surface area contributed by atoms with Crippen molar-refractivity contribution < 1.29 is 9.47 Å². The second kappa shape index (κ2) is 7.22. The first-order valence-corrected chi connectivity index (χ1v) is 6.24. The highest BCUT2D eigenvalue weighted by Gasteiger charge is 2.27. The molecule has 16 heavy (non-hydrogen) atoms. The van der Waals surface area contributed by atoms with Gasteiger partial charge >= 0.3 is 0 Å². The van der Waals surface area contributed by atoms with Crippen LogP contribution in [0.1, 0.15) is 32.6 Å². The first-order chi connectivity index (χ1) is 7.72. The molecule has 1 aliphatic carbocycles. The van der Waals surface area contributed by atoms with E-state index >= 15 is 0 Å². The van der Waals surface area contributed by atoms with Gasteiger partial charge in [0.2, 0.25) is 0 Å². The van der Waals surface area contributed by atoms with Crippen LogP contribution in [-0.4, -0.2) is 39.1 Å². The van der Waals surface area contributed by atoms with Crippen LogP contribution in [0.5, 0.6) is 0 Å². The van der Waals surface area contributed by atoms with Gasteiger partial charge in [-0.15, -0.1) is 0 Å². The molecule has 0 heterocycles. The lowest BCUT2D eigenvalue weighted by Gasteiger charge is -2.35. The molecule has 0 radical (unpaired) electrons. The fourth-order valence-corrected chi connectivity index (χ4v) is 2.63. The van der Waals surface area contributed by atoms with E-state index in [0.717, 1.165) is 6.54 Å². The molecule has 0 saturated heterocycles. The molecule has 0 spiro atoms. The third kappa shape index (κ3) is 3.70. The molecule has 1 aliphatic rings. The van der Waals surface area contributed by atoms with Gasteiger partial charge in [0.1, 0.15) is 0 Å². The summed E-state index contributed by atoms with van der Waals surface area (Å²) in [6.45, 7) is 2.87. The maximum absolute atomic E-state index is 5.81. The summed E-state index contributed by atoms with van der Waals surface area (Å²) in [6, 6.07) is 0.716. The van der Waals surface area contributed by atoms with Crippen LogP contribution in [0.3, 0.4) is 0 Å². The van der Waals surface area contributed by atoms with E-state index in [1.165, 1.54) is 25.7 Å². The lowest BCUT2D eigenvalue weighted by Crippen LogP contribution is -2.50. The third-order valence-corrected chi connectivity index (χ3v) is 3.56. The van der Waals surface area contributed by atoms with E-state index < -0.39 is 0 Å². The van der Waals surface area contributed by atoms with Crippen molar-refractivity contribution in [1.29, 1.82) is 0 Å². The summed E-state index contributed by atoms with van der Waals surface area (Å²) in [5.41, 5.74) is 5.81. The Morgan fingerprint density at radius 3 is 2.44 bits per heavy atom. The van der Waals surface area contributed by atoms with Gasteiger partial charge in [0.25, 0.3) is 0 Å². The lowest BCUT2D eigenvalue weighted by atomic mass is 9.84. The second-order valence-corrected chi connectivity index (χ2v) is 4.68.